The minimum Gasteiger partial charge on any atom is -0.497 e. The summed E-state index contributed by atoms with van der Waals surface area (Å²) in [5, 5.41) is 3.54. The number of nitrogens with one attached hydrogen (secondary N) is 1. The van der Waals surface area contributed by atoms with Crippen molar-refractivity contribution in [3.63, 3.8) is 0 Å². The molecule has 0 aliphatic heterocycles. The molecule has 0 aliphatic rings. The highest BCUT2D eigenvalue weighted by molar-refractivity contribution is 5.81. The molecule has 0 bridgehead atoms. The fourth-order valence-electron chi connectivity index (χ4n) is 3.08. The minimum atomic E-state index is 0.798. The first-order valence-corrected chi connectivity index (χ1v) is 8.87. The number of anilines is 2. The van der Waals surface area contributed by atoms with Gasteiger partial charge in [-0.3, -0.25) is 4.98 Å². The van der Waals surface area contributed by atoms with Gasteiger partial charge in [0, 0.05) is 42.6 Å². The van der Waals surface area contributed by atoms with E-state index < -0.39 is 0 Å². The summed E-state index contributed by atoms with van der Waals surface area (Å²) in [4.78, 5) is 4.10. The van der Waals surface area contributed by atoms with Crippen molar-refractivity contribution in [1.29, 1.82) is 0 Å². The standard InChI is InChI=1S/C23H21N3O/c1-27-21-9-7-20(8-10-21)25-23-17-26(15-18-11-13-24-14-12-18)16-22(23)19-5-3-2-4-6-19/h2-14,16-17,25H,15H2,1H3. The zero-order valence-electron chi connectivity index (χ0n) is 15.2. The number of hydrogen-bond donors (Lipinski definition) is 1. The second-order valence-electron chi connectivity index (χ2n) is 6.33. The van der Waals surface area contributed by atoms with Gasteiger partial charge in [0.1, 0.15) is 5.75 Å². The molecule has 2 aromatic carbocycles. The Bertz CT molecular complexity index is 993. The maximum absolute atomic E-state index is 5.25. The Balaban J connectivity index is 1.67. The van der Waals surface area contributed by atoms with Crippen LogP contribution in [0.4, 0.5) is 11.4 Å². The lowest BCUT2D eigenvalue weighted by atomic mass is 10.1. The molecule has 0 amide bonds. The average Bonchev–Trinajstić information content (AvgIpc) is 3.12. The minimum absolute atomic E-state index is 0.798. The van der Waals surface area contributed by atoms with Crippen LogP contribution in [0.15, 0.2) is 91.5 Å². The second-order valence-corrected chi connectivity index (χ2v) is 6.33. The van der Waals surface area contributed by atoms with E-state index in [0.717, 1.165) is 23.7 Å². The highest BCUT2D eigenvalue weighted by Crippen LogP contribution is 2.32. The molecule has 4 aromatic rings. The lowest BCUT2D eigenvalue weighted by Gasteiger charge is -2.08. The molecule has 0 unspecified atom stereocenters. The molecule has 4 nitrogen and oxygen atoms in total. The lowest BCUT2D eigenvalue weighted by molar-refractivity contribution is 0.415. The van der Waals surface area contributed by atoms with Crippen LogP contribution in [-0.2, 0) is 6.54 Å². The van der Waals surface area contributed by atoms with E-state index in [1.165, 1.54) is 16.7 Å². The summed E-state index contributed by atoms with van der Waals surface area (Å²) in [5.41, 5.74) is 5.66. The van der Waals surface area contributed by atoms with Gasteiger partial charge in [0.2, 0.25) is 0 Å². The molecule has 134 valence electrons. The molecule has 0 saturated heterocycles. The van der Waals surface area contributed by atoms with Gasteiger partial charge in [-0.05, 0) is 47.5 Å². The van der Waals surface area contributed by atoms with E-state index >= 15 is 0 Å². The Morgan fingerprint density at radius 2 is 1.63 bits per heavy atom. The van der Waals surface area contributed by atoms with Crippen molar-refractivity contribution < 1.29 is 4.74 Å². The van der Waals surface area contributed by atoms with E-state index in [-0.39, 0.29) is 0 Å². The molecule has 0 spiro atoms. The number of hydrogen-bond acceptors (Lipinski definition) is 3. The van der Waals surface area contributed by atoms with Gasteiger partial charge in [0.15, 0.2) is 0 Å². The third-order valence-electron chi connectivity index (χ3n) is 4.45. The largest absolute Gasteiger partial charge is 0.497 e. The molecule has 0 radical (unpaired) electrons. The molecular formula is C23H21N3O. The van der Waals surface area contributed by atoms with Crippen molar-refractivity contribution >= 4 is 11.4 Å². The highest BCUT2D eigenvalue weighted by atomic mass is 16.5. The number of aromatic nitrogens is 2. The lowest BCUT2D eigenvalue weighted by Crippen LogP contribution is -1.96. The maximum atomic E-state index is 5.25. The van der Waals surface area contributed by atoms with Crippen molar-refractivity contribution in [3.8, 4) is 16.9 Å². The summed E-state index contributed by atoms with van der Waals surface area (Å²) in [6.07, 6.45) is 7.98. The number of pyridine rings is 1. The van der Waals surface area contributed by atoms with Crippen molar-refractivity contribution in [2.45, 2.75) is 6.54 Å². The van der Waals surface area contributed by atoms with Gasteiger partial charge in [-0.2, -0.15) is 0 Å². The molecule has 1 N–H and O–H groups in total. The summed E-state index contributed by atoms with van der Waals surface area (Å²) < 4.78 is 7.44. The zero-order valence-corrected chi connectivity index (χ0v) is 15.2. The summed E-state index contributed by atoms with van der Waals surface area (Å²) in [6.45, 7) is 0.798. The molecule has 4 heteroatoms. The van der Waals surface area contributed by atoms with Gasteiger partial charge in [0.05, 0.1) is 12.8 Å². The highest BCUT2D eigenvalue weighted by Gasteiger charge is 2.10. The molecular weight excluding hydrogens is 334 g/mol. The molecule has 2 aromatic heterocycles. The van der Waals surface area contributed by atoms with Gasteiger partial charge in [-0.1, -0.05) is 30.3 Å². The van der Waals surface area contributed by atoms with Crippen LogP contribution in [0.3, 0.4) is 0 Å². The predicted octanol–water partition coefficient (Wildman–Crippen LogP) is 5.35. The summed E-state index contributed by atoms with van der Waals surface area (Å²) in [7, 11) is 1.68. The third-order valence-corrected chi connectivity index (χ3v) is 4.45. The monoisotopic (exact) mass is 355 g/mol. The van der Waals surface area contributed by atoms with E-state index in [1.807, 2.05) is 54.9 Å². The topological polar surface area (TPSA) is 39.1 Å². The zero-order chi connectivity index (χ0) is 18.5. The fraction of sp³-hybridized carbons (Fsp3) is 0.0870. The maximum Gasteiger partial charge on any atom is 0.119 e. The summed E-state index contributed by atoms with van der Waals surface area (Å²) in [6, 6.07) is 22.5. The molecule has 0 atom stereocenters. The third kappa shape index (κ3) is 4.01. The molecule has 27 heavy (non-hydrogen) atoms. The van der Waals surface area contributed by atoms with Crippen molar-refractivity contribution in [2.24, 2.45) is 0 Å². The number of benzene rings is 2. The smallest absolute Gasteiger partial charge is 0.119 e. The van der Waals surface area contributed by atoms with Gasteiger partial charge in [-0.15, -0.1) is 0 Å². The number of rotatable bonds is 6. The van der Waals surface area contributed by atoms with Crippen LogP contribution in [0.1, 0.15) is 5.56 Å². The van der Waals surface area contributed by atoms with Crippen LogP contribution in [-0.4, -0.2) is 16.7 Å². The fourth-order valence-corrected chi connectivity index (χ4v) is 3.08. The Morgan fingerprint density at radius 1 is 0.889 bits per heavy atom. The van der Waals surface area contributed by atoms with Gasteiger partial charge >= 0.3 is 0 Å². The Labute approximate surface area is 159 Å². The van der Waals surface area contributed by atoms with Crippen LogP contribution in [0.2, 0.25) is 0 Å². The Hall–Kier alpha value is -3.53. The van der Waals surface area contributed by atoms with Crippen molar-refractivity contribution in [1.82, 2.24) is 9.55 Å². The quantitative estimate of drug-likeness (QED) is 0.507. The van der Waals surface area contributed by atoms with Crippen molar-refractivity contribution in [2.75, 3.05) is 12.4 Å². The Morgan fingerprint density at radius 3 is 2.33 bits per heavy atom. The molecule has 4 rings (SSSR count). The number of nitrogens with zero attached hydrogens (tertiary/aromatic N) is 2. The first-order valence-electron chi connectivity index (χ1n) is 8.87. The van der Waals surface area contributed by atoms with E-state index in [4.69, 9.17) is 4.74 Å². The van der Waals surface area contributed by atoms with Crippen LogP contribution < -0.4 is 10.1 Å². The predicted molar refractivity (Wildman–Crippen MR) is 109 cm³/mol. The van der Waals surface area contributed by atoms with Crippen LogP contribution in [0.25, 0.3) is 11.1 Å². The SMILES string of the molecule is COc1ccc(Nc2cn(Cc3ccncc3)cc2-c2ccccc2)cc1. The van der Waals surface area contributed by atoms with Crippen LogP contribution in [0.5, 0.6) is 5.75 Å². The van der Waals surface area contributed by atoms with E-state index in [0.29, 0.717) is 0 Å². The van der Waals surface area contributed by atoms with Gasteiger partial charge < -0.3 is 14.6 Å². The first kappa shape index (κ1) is 16.9. The van der Waals surface area contributed by atoms with E-state index in [9.17, 15) is 0 Å². The van der Waals surface area contributed by atoms with E-state index in [1.54, 1.807) is 7.11 Å². The van der Waals surface area contributed by atoms with E-state index in [2.05, 4.69) is 51.5 Å². The average molecular weight is 355 g/mol. The molecule has 0 fully saturated rings. The first-order chi connectivity index (χ1) is 13.3. The normalized spacial score (nSPS) is 10.6. The van der Waals surface area contributed by atoms with Crippen LogP contribution in [0, 0.1) is 0 Å². The number of methoxy groups -OCH3 is 1. The second kappa shape index (κ2) is 7.79. The van der Waals surface area contributed by atoms with Gasteiger partial charge in [-0.25, -0.2) is 0 Å². The number of ether oxygens (including phenoxy) is 1. The molecule has 0 aliphatic carbocycles. The van der Waals surface area contributed by atoms with Crippen molar-refractivity contribution in [3.05, 3.63) is 97.1 Å². The summed E-state index contributed by atoms with van der Waals surface area (Å²) in [5.74, 6) is 0.846. The molecule has 2 heterocycles. The molecule has 0 saturated carbocycles. The Kier molecular flexibility index (Phi) is 4.88. The summed E-state index contributed by atoms with van der Waals surface area (Å²) >= 11 is 0. The van der Waals surface area contributed by atoms with Crippen LogP contribution >= 0.6 is 0 Å². The van der Waals surface area contributed by atoms with Gasteiger partial charge in [0.25, 0.3) is 0 Å².